The van der Waals surface area contributed by atoms with Crippen LogP contribution in [0, 0.1) is 0 Å². The van der Waals surface area contributed by atoms with Gasteiger partial charge in [0.05, 0.1) is 0 Å². The number of hydrogen-bond donors (Lipinski definition) is 0. The fourth-order valence-electron chi connectivity index (χ4n) is 1.08. The molecule has 0 fully saturated rings. The first-order valence-corrected chi connectivity index (χ1v) is 4.10. The average molecular weight is 250 g/mol. The van der Waals surface area contributed by atoms with Gasteiger partial charge in [0.15, 0.2) is 0 Å². The van der Waals surface area contributed by atoms with E-state index in [0.29, 0.717) is 12.1 Å². The second kappa shape index (κ2) is 4.37. The maximum absolute atomic E-state index is 12.3. The van der Waals surface area contributed by atoms with Crippen LogP contribution in [-0.4, -0.2) is 13.2 Å². The second-order valence-electron chi connectivity index (χ2n) is 3.00. The Morgan fingerprint density at radius 1 is 0.882 bits per heavy atom. The van der Waals surface area contributed by atoms with E-state index in [2.05, 4.69) is 4.99 Å². The molecular weight excluding hydrogens is 247 g/mol. The van der Waals surface area contributed by atoms with Gasteiger partial charge in [-0.25, -0.2) is 0 Å². The van der Waals surface area contributed by atoms with E-state index in [-0.39, 0.29) is 6.07 Å². The first kappa shape index (κ1) is 13.5. The molecule has 0 amide bonds. The van der Waals surface area contributed by atoms with Gasteiger partial charge in [0, 0.05) is 0 Å². The molecule has 0 bridgehead atoms. The van der Waals surface area contributed by atoms with E-state index >= 15 is 0 Å². The normalized spacial score (nSPS) is 12.1. The third-order valence-corrected chi connectivity index (χ3v) is 1.77. The Kier molecular flexibility index (Phi) is 3.47. The number of aliphatic imine (C=N–C) groups is 1. The monoisotopic (exact) mass is 250 g/mol. The topological polar surface area (TPSA) is 12.4 Å². The van der Waals surface area contributed by atoms with E-state index in [9.17, 15) is 26.3 Å². The van der Waals surface area contributed by atoms with Gasteiger partial charge in [-0.1, -0.05) is 0 Å². The molecule has 1 rings (SSSR count). The Hall–Kier alpha value is -1.56. The van der Waals surface area contributed by atoms with Gasteiger partial charge in [-0.15, -0.1) is 0 Å². The Morgan fingerprint density at radius 2 is 1.29 bits per heavy atom. The molecule has 0 aromatic heterocycles. The van der Waals surface area contributed by atoms with Crippen molar-refractivity contribution in [2.45, 2.75) is 12.4 Å². The van der Waals surface area contributed by atoms with Crippen LogP contribution in [0.4, 0.5) is 32.0 Å². The number of alkyl halides is 6. The van der Waals surface area contributed by atoms with Crippen LogP contribution in [0.1, 0.15) is 11.1 Å². The molecule has 1 radical (unpaired) electrons. The van der Waals surface area contributed by atoms with E-state index in [1.807, 2.05) is 0 Å². The van der Waals surface area contributed by atoms with Crippen molar-refractivity contribution in [3.8, 4) is 0 Å². The average Bonchev–Trinajstić information content (AvgIpc) is 2.15. The zero-order chi connectivity index (χ0) is 13.3. The molecule has 17 heavy (non-hydrogen) atoms. The van der Waals surface area contributed by atoms with E-state index in [1.165, 1.54) is 0 Å². The molecule has 0 aliphatic heterocycles. The zero-order valence-corrected chi connectivity index (χ0v) is 8.02. The van der Waals surface area contributed by atoms with Crippen molar-refractivity contribution < 1.29 is 26.3 Å². The molecule has 0 aliphatic rings. The Bertz CT molecular complexity index is 437. The third kappa shape index (κ3) is 3.46. The first-order chi connectivity index (χ1) is 7.64. The van der Waals surface area contributed by atoms with Crippen LogP contribution in [0.2, 0.25) is 0 Å². The summed E-state index contributed by atoms with van der Waals surface area (Å²) in [5.74, 6) is 1.63. The van der Waals surface area contributed by atoms with Crippen LogP contribution in [-0.2, 0) is 12.4 Å². The fraction of sp³-hybridized carbons (Fsp3) is 0.222. The van der Waals surface area contributed by atoms with E-state index in [0.717, 1.165) is 0 Å². The van der Waals surface area contributed by atoms with E-state index in [1.54, 1.807) is 5.76 Å². The molecule has 0 atom stereocenters. The van der Waals surface area contributed by atoms with Gasteiger partial charge in [0.2, 0.25) is 0 Å². The number of rotatable bonds is 1. The van der Waals surface area contributed by atoms with Crippen LogP contribution in [0.25, 0.3) is 0 Å². The molecule has 0 aliphatic carbocycles. The van der Waals surface area contributed by atoms with E-state index in [4.69, 9.17) is 7.49 Å². The van der Waals surface area contributed by atoms with Crippen molar-refractivity contribution in [1.29, 1.82) is 0 Å². The fourth-order valence-corrected chi connectivity index (χ4v) is 1.08. The number of nitrogens with zero attached hydrogens (tertiary/aromatic N) is 1. The first-order valence-electron chi connectivity index (χ1n) is 4.10. The number of benzene rings is 1. The third-order valence-electron chi connectivity index (χ3n) is 1.77. The summed E-state index contributed by atoms with van der Waals surface area (Å²) < 4.78 is 73.9. The van der Waals surface area contributed by atoms with Crippen molar-refractivity contribution in [1.82, 2.24) is 0 Å². The minimum absolute atomic E-state index is 0.00946. The second-order valence-corrected chi connectivity index (χ2v) is 3.00. The Balaban J connectivity index is 3.44. The van der Waals surface area contributed by atoms with Gasteiger partial charge in [-0.3, -0.25) is 0 Å². The SMILES string of the molecule is [B]=C=Nc1cc(C(F)(F)F)cc(C(F)(F)F)c1. The maximum atomic E-state index is 12.3. The molecule has 8 heteroatoms. The van der Waals surface area contributed by atoms with Crippen molar-refractivity contribution in [3.63, 3.8) is 0 Å². The van der Waals surface area contributed by atoms with E-state index < -0.39 is 29.2 Å². The molecule has 0 spiro atoms. The summed E-state index contributed by atoms with van der Waals surface area (Å²) >= 11 is 0. The van der Waals surface area contributed by atoms with Crippen molar-refractivity contribution in [2.24, 2.45) is 4.99 Å². The van der Waals surface area contributed by atoms with Crippen LogP contribution in [0.3, 0.4) is 0 Å². The molecule has 0 saturated heterocycles. The standard InChI is InChI=1S/C9H3BF6N/c10-4-17-7-2-5(8(11,12)13)1-6(3-7)9(14,15)16/h1-3H. The molecule has 1 nitrogen and oxygen atoms in total. The molecular formula is C9H3BF6N. The van der Waals surface area contributed by atoms with Gasteiger partial charge in [0.1, 0.15) is 0 Å². The van der Waals surface area contributed by atoms with Crippen LogP contribution in [0.15, 0.2) is 23.2 Å². The van der Waals surface area contributed by atoms with Gasteiger partial charge in [-0.2, -0.15) is 0 Å². The number of hydrogen-bond acceptors (Lipinski definition) is 1. The molecule has 0 unspecified atom stereocenters. The molecule has 1 aromatic carbocycles. The Morgan fingerprint density at radius 3 is 1.59 bits per heavy atom. The molecule has 0 N–H and O–H groups in total. The number of halogens is 6. The minimum atomic E-state index is -4.89. The molecule has 0 saturated carbocycles. The molecule has 1 aromatic rings. The summed E-state index contributed by atoms with van der Waals surface area (Å²) in [6.45, 7) is 0. The summed E-state index contributed by atoms with van der Waals surface area (Å²) in [4.78, 5) is 3.08. The van der Waals surface area contributed by atoms with Gasteiger partial charge >= 0.3 is 91.9 Å². The summed E-state index contributed by atoms with van der Waals surface area (Å²) in [6, 6.07) is 0.916. The quantitative estimate of drug-likeness (QED) is 0.411. The van der Waals surface area contributed by atoms with Gasteiger partial charge < -0.3 is 0 Å². The predicted octanol–water partition coefficient (Wildman–Crippen LogP) is 3.43. The van der Waals surface area contributed by atoms with Crippen molar-refractivity contribution in [2.75, 3.05) is 0 Å². The van der Waals surface area contributed by atoms with Crippen LogP contribution < -0.4 is 0 Å². The van der Waals surface area contributed by atoms with Gasteiger partial charge in [-0.05, 0) is 0 Å². The van der Waals surface area contributed by atoms with Crippen LogP contribution in [0.5, 0.6) is 0 Å². The predicted molar refractivity (Wildman–Crippen MR) is 49.3 cm³/mol. The zero-order valence-electron chi connectivity index (χ0n) is 8.02. The summed E-state index contributed by atoms with van der Waals surface area (Å²) in [7, 11) is 4.70. The van der Waals surface area contributed by atoms with Gasteiger partial charge in [0.25, 0.3) is 0 Å². The molecule has 0 heterocycles. The Labute approximate surface area is 92.9 Å². The summed E-state index contributed by atoms with van der Waals surface area (Å²) in [5.41, 5.74) is -3.45. The van der Waals surface area contributed by atoms with Crippen LogP contribution >= 0.6 is 0 Å². The van der Waals surface area contributed by atoms with Crippen molar-refractivity contribution in [3.05, 3.63) is 29.3 Å². The summed E-state index contributed by atoms with van der Waals surface area (Å²) in [5, 5.41) is 0. The molecule has 89 valence electrons. The van der Waals surface area contributed by atoms with Crippen molar-refractivity contribution >= 4 is 18.9 Å². The summed E-state index contributed by atoms with van der Waals surface area (Å²) in [6.07, 6.45) is -9.78.